The van der Waals surface area contributed by atoms with Gasteiger partial charge in [-0.2, -0.15) is 0 Å². The molecule has 2 N–H and O–H groups in total. The molecule has 0 aliphatic heterocycles. The number of hydrogen-bond acceptors (Lipinski definition) is 4. The number of hydrogen-bond donors (Lipinski definition) is 2. The fraction of sp³-hybridized carbons (Fsp3) is 0.353. The summed E-state index contributed by atoms with van der Waals surface area (Å²) in [5.41, 5.74) is 2.71. The highest BCUT2D eigenvalue weighted by atomic mass is 32.2. The number of unbranched alkanes of at least 4 members (excludes halogenated alkanes) is 1. The standard InChI is InChI=1S/C17H23N3O2S/c1-3-5-12-23(21,22)20-16-10-11-17(18-13-16)19-15-8-6-14(4-2)7-9-15/h6-11,13,20H,3-5,12H2,1-2H3,(H,18,19). The number of benzene rings is 1. The first-order valence-corrected chi connectivity index (χ1v) is 9.50. The first-order valence-electron chi connectivity index (χ1n) is 7.85. The molecule has 0 saturated heterocycles. The summed E-state index contributed by atoms with van der Waals surface area (Å²) in [5, 5.41) is 3.19. The van der Waals surface area contributed by atoms with Crippen molar-refractivity contribution in [3.8, 4) is 0 Å². The fourth-order valence-corrected chi connectivity index (χ4v) is 3.32. The molecule has 1 aromatic heterocycles. The maximum Gasteiger partial charge on any atom is 0.232 e. The molecule has 0 unspecified atom stereocenters. The number of anilines is 3. The number of aryl methyl sites for hydroxylation is 1. The number of nitrogens with one attached hydrogen (secondary N) is 2. The quantitative estimate of drug-likeness (QED) is 0.768. The first-order chi connectivity index (χ1) is 11.0. The summed E-state index contributed by atoms with van der Waals surface area (Å²) in [5.74, 6) is 0.804. The second-order valence-corrected chi connectivity index (χ2v) is 7.22. The summed E-state index contributed by atoms with van der Waals surface area (Å²) in [6.45, 7) is 4.08. The maximum atomic E-state index is 11.8. The van der Waals surface area contributed by atoms with Gasteiger partial charge in [0.2, 0.25) is 10.0 Å². The van der Waals surface area contributed by atoms with Crippen LogP contribution in [0.2, 0.25) is 0 Å². The van der Waals surface area contributed by atoms with Gasteiger partial charge < -0.3 is 5.32 Å². The summed E-state index contributed by atoms with van der Waals surface area (Å²) >= 11 is 0. The molecule has 0 radical (unpaired) electrons. The predicted molar refractivity (Wildman–Crippen MR) is 95.7 cm³/mol. The smallest absolute Gasteiger partial charge is 0.232 e. The van der Waals surface area contributed by atoms with Crippen LogP contribution in [0.5, 0.6) is 0 Å². The van der Waals surface area contributed by atoms with Gasteiger partial charge >= 0.3 is 0 Å². The number of sulfonamides is 1. The van der Waals surface area contributed by atoms with Crippen LogP contribution in [0, 0.1) is 0 Å². The Morgan fingerprint density at radius 3 is 2.26 bits per heavy atom. The van der Waals surface area contributed by atoms with Gasteiger partial charge in [0.1, 0.15) is 5.82 Å². The molecule has 0 amide bonds. The molecule has 0 saturated carbocycles. The summed E-state index contributed by atoms with van der Waals surface area (Å²) in [6.07, 6.45) is 4.02. The van der Waals surface area contributed by atoms with E-state index in [1.807, 2.05) is 19.1 Å². The molecule has 0 aliphatic carbocycles. The predicted octanol–water partition coefficient (Wildman–Crippen LogP) is 3.93. The van der Waals surface area contributed by atoms with E-state index >= 15 is 0 Å². The Kier molecular flexibility index (Phi) is 5.98. The Bertz CT molecular complexity index is 711. The molecular weight excluding hydrogens is 310 g/mol. The van der Waals surface area contributed by atoms with Gasteiger partial charge in [0, 0.05) is 5.69 Å². The Labute approximate surface area is 138 Å². The van der Waals surface area contributed by atoms with Crippen molar-refractivity contribution in [2.45, 2.75) is 33.1 Å². The van der Waals surface area contributed by atoms with Crippen molar-refractivity contribution in [1.29, 1.82) is 0 Å². The highest BCUT2D eigenvalue weighted by molar-refractivity contribution is 7.92. The van der Waals surface area contributed by atoms with Crippen LogP contribution in [-0.4, -0.2) is 19.2 Å². The SMILES string of the molecule is CCCCS(=O)(=O)Nc1ccc(Nc2ccc(CC)cc2)nc1. The van der Waals surface area contributed by atoms with E-state index in [1.54, 1.807) is 12.1 Å². The van der Waals surface area contributed by atoms with Gasteiger partial charge in [-0.05, 0) is 42.7 Å². The average Bonchev–Trinajstić information content (AvgIpc) is 2.55. The van der Waals surface area contributed by atoms with E-state index in [9.17, 15) is 8.42 Å². The molecule has 23 heavy (non-hydrogen) atoms. The molecule has 0 bridgehead atoms. The maximum absolute atomic E-state index is 11.8. The molecule has 0 fully saturated rings. The van der Waals surface area contributed by atoms with E-state index in [2.05, 4.69) is 34.1 Å². The number of pyridine rings is 1. The molecule has 5 nitrogen and oxygen atoms in total. The van der Waals surface area contributed by atoms with Crippen molar-refractivity contribution in [3.05, 3.63) is 48.2 Å². The lowest BCUT2D eigenvalue weighted by Crippen LogP contribution is -2.16. The summed E-state index contributed by atoms with van der Waals surface area (Å²) in [4.78, 5) is 4.24. The lowest BCUT2D eigenvalue weighted by atomic mass is 10.1. The summed E-state index contributed by atoms with van der Waals surface area (Å²) < 4.78 is 26.2. The zero-order valence-electron chi connectivity index (χ0n) is 13.5. The average molecular weight is 333 g/mol. The molecule has 2 aromatic rings. The van der Waals surface area contributed by atoms with Gasteiger partial charge in [-0.25, -0.2) is 13.4 Å². The zero-order chi connectivity index (χ0) is 16.7. The molecule has 0 atom stereocenters. The van der Waals surface area contributed by atoms with Crippen molar-refractivity contribution in [3.63, 3.8) is 0 Å². The van der Waals surface area contributed by atoms with E-state index in [0.29, 0.717) is 17.9 Å². The third kappa shape index (κ3) is 5.56. The zero-order valence-corrected chi connectivity index (χ0v) is 14.4. The van der Waals surface area contributed by atoms with Crippen LogP contribution in [0.4, 0.5) is 17.2 Å². The Morgan fingerprint density at radius 1 is 1.00 bits per heavy atom. The third-order valence-electron chi connectivity index (χ3n) is 3.44. The molecule has 124 valence electrons. The minimum Gasteiger partial charge on any atom is -0.340 e. The topological polar surface area (TPSA) is 71.1 Å². The Hall–Kier alpha value is -2.08. The van der Waals surface area contributed by atoms with Crippen LogP contribution < -0.4 is 10.0 Å². The third-order valence-corrected chi connectivity index (χ3v) is 4.81. The van der Waals surface area contributed by atoms with Crippen molar-refractivity contribution >= 4 is 27.2 Å². The van der Waals surface area contributed by atoms with Gasteiger partial charge in [-0.1, -0.05) is 32.4 Å². The number of rotatable bonds is 8. The molecule has 0 aliphatic rings. The lowest BCUT2D eigenvalue weighted by Gasteiger charge is -2.09. The van der Waals surface area contributed by atoms with Crippen LogP contribution in [0.3, 0.4) is 0 Å². The number of aromatic nitrogens is 1. The van der Waals surface area contributed by atoms with Crippen molar-refractivity contribution in [2.75, 3.05) is 15.8 Å². The minimum atomic E-state index is -3.29. The van der Waals surface area contributed by atoms with Gasteiger partial charge in [0.05, 0.1) is 17.6 Å². The molecule has 2 rings (SSSR count). The molecular formula is C17H23N3O2S. The molecule has 1 aromatic carbocycles. The van der Waals surface area contributed by atoms with Gasteiger partial charge in [-0.15, -0.1) is 0 Å². The molecule has 6 heteroatoms. The largest absolute Gasteiger partial charge is 0.340 e. The van der Waals surface area contributed by atoms with E-state index < -0.39 is 10.0 Å². The monoisotopic (exact) mass is 333 g/mol. The second-order valence-electron chi connectivity index (χ2n) is 5.38. The van der Waals surface area contributed by atoms with Gasteiger partial charge in [-0.3, -0.25) is 4.72 Å². The molecule has 0 spiro atoms. The van der Waals surface area contributed by atoms with E-state index in [-0.39, 0.29) is 5.75 Å². The Morgan fingerprint density at radius 2 is 1.70 bits per heavy atom. The van der Waals surface area contributed by atoms with Crippen molar-refractivity contribution in [1.82, 2.24) is 4.98 Å². The molecule has 1 heterocycles. The Balaban J connectivity index is 1.98. The van der Waals surface area contributed by atoms with Crippen LogP contribution >= 0.6 is 0 Å². The van der Waals surface area contributed by atoms with E-state index in [4.69, 9.17) is 0 Å². The minimum absolute atomic E-state index is 0.132. The summed E-state index contributed by atoms with van der Waals surface area (Å²) in [6, 6.07) is 11.6. The van der Waals surface area contributed by atoms with Crippen LogP contribution in [0.1, 0.15) is 32.3 Å². The number of nitrogens with zero attached hydrogens (tertiary/aromatic N) is 1. The van der Waals surface area contributed by atoms with Crippen molar-refractivity contribution in [2.24, 2.45) is 0 Å². The summed E-state index contributed by atoms with van der Waals surface area (Å²) in [7, 11) is -3.29. The normalized spacial score (nSPS) is 11.2. The van der Waals surface area contributed by atoms with Gasteiger partial charge in [0.25, 0.3) is 0 Å². The van der Waals surface area contributed by atoms with Gasteiger partial charge in [0.15, 0.2) is 0 Å². The lowest BCUT2D eigenvalue weighted by molar-refractivity contribution is 0.598. The highest BCUT2D eigenvalue weighted by Crippen LogP contribution is 2.17. The van der Waals surface area contributed by atoms with E-state index in [1.165, 1.54) is 11.8 Å². The fourth-order valence-electron chi connectivity index (χ4n) is 2.06. The second kappa shape index (κ2) is 7.97. The van der Waals surface area contributed by atoms with Crippen LogP contribution in [-0.2, 0) is 16.4 Å². The van der Waals surface area contributed by atoms with Crippen LogP contribution in [0.15, 0.2) is 42.6 Å². The van der Waals surface area contributed by atoms with Crippen LogP contribution in [0.25, 0.3) is 0 Å². The first kappa shape index (κ1) is 17.3. The van der Waals surface area contributed by atoms with E-state index in [0.717, 1.165) is 18.5 Å². The highest BCUT2D eigenvalue weighted by Gasteiger charge is 2.09. The van der Waals surface area contributed by atoms with Crippen molar-refractivity contribution < 1.29 is 8.42 Å².